The average Bonchev–Trinajstić information content (AvgIpc) is 2.57. The van der Waals surface area contributed by atoms with Gasteiger partial charge < -0.3 is 10.2 Å². The zero-order valence-corrected chi connectivity index (χ0v) is 9.55. The summed E-state index contributed by atoms with van der Waals surface area (Å²) in [7, 11) is 0. The highest BCUT2D eigenvalue weighted by Crippen LogP contribution is 2.26. The molecule has 0 fully saturated rings. The molecule has 2 aromatic rings. The van der Waals surface area contributed by atoms with E-state index in [2.05, 4.69) is 20.9 Å². The lowest BCUT2D eigenvalue weighted by atomic mass is 10.3. The third-order valence-electron chi connectivity index (χ3n) is 2.05. The van der Waals surface area contributed by atoms with Gasteiger partial charge in [-0.05, 0) is 35.0 Å². The van der Waals surface area contributed by atoms with Gasteiger partial charge in [0.05, 0.1) is 4.47 Å². The number of hydrogen-bond acceptors (Lipinski definition) is 3. The molecule has 1 aromatic carbocycles. The first-order chi connectivity index (χ1) is 7.20. The molecule has 0 unspecified atom stereocenters. The monoisotopic (exact) mass is 272 g/mol. The van der Waals surface area contributed by atoms with Crippen LogP contribution in [-0.4, -0.2) is 11.5 Å². The van der Waals surface area contributed by atoms with Crippen LogP contribution in [-0.2, 0) is 6.42 Å². The summed E-state index contributed by atoms with van der Waals surface area (Å²) < 4.78 is 19.1. The van der Waals surface area contributed by atoms with Crippen molar-refractivity contribution in [2.24, 2.45) is 5.73 Å². The normalized spacial score (nSPS) is 11.1. The van der Waals surface area contributed by atoms with Gasteiger partial charge in [-0.3, -0.25) is 0 Å². The minimum atomic E-state index is -0.326. The molecule has 0 aliphatic rings. The van der Waals surface area contributed by atoms with E-state index < -0.39 is 0 Å². The maximum absolute atomic E-state index is 13.0. The Balaban J connectivity index is 2.41. The zero-order valence-electron chi connectivity index (χ0n) is 7.96. The van der Waals surface area contributed by atoms with E-state index in [1.807, 2.05) is 0 Å². The van der Waals surface area contributed by atoms with E-state index in [0.29, 0.717) is 34.4 Å². The van der Waals surface area contributed by atoms with Crippen LogP contribution in [0.15, 0.2) is 21.0 Å². The molecule has 0 aliphatic carbocycles. The second kappa shape index (κ2) is 4.28. The maximum atomic E-state index is 13.0. The van der Waals surface area contributed by atoms with Crippen LogP contribution in [0.5, 0.6) is 0 Å². The molecule has 3 nitrogen and oxygen atoms in total. The average molecular weight is 273 g/mol. The number of nitrogens with two attached hydrogens (primary N) is 1. The summed E-state index contributed by atoms with van der Waals surface area (Å²) in [6.07, 6.45) is 1.49. The molecule has 0 atom stereocenters. The smallest absolute Gasteiger partial charge is 0.195 e. The minimum Gasteiger partial charge on any atom is -0.440 e. The molecule has 80 valence electrons. The second-order valence-corrected chi connectivity index (χ2v) is 4.09. The molecule has 0 bridgehead atoms. The summed E-state index contributed by atoms with van der Waals surface area (Å²) in [4.78, 5) is 4.18. The number of nitrogens with zero attached hydrogens (tertiary/aromatic N) is 1. The standard InChI is InChI=1S/C10H10BrFN2O/c11-7-4-6(12)5-8-10(7)15-9(14-8)2-1-3-13/h4-5H,1-3,13H2. The van der Waals surface area contributed by atoms with Crippen molar-refractivity contribution in [2.75, 3.05) is 6.54 Å². The summed E-state index contributed by atoms with van der Waals surface area (Å²) in [6.45, 7) is 0.592. The molecule has 1 heterocycles. The van der Waals surface area contributed by atoms with Gasteiger partial charge >= 0.3 is 0 Å². The third-order valence-corrected chi connectivity index (χ3v) is 2.64. The van der Waals surface area contributed by atoms with Crippen LogP contribution in [0.4, 0.5) is 4.39 Å². The van der Waals surface area contributed by atoms with Crippen LogP contribution in [0, 0.1) is 5.82 Å². The molecular weight excluding hydrogens is 263 g/mol. The van der Waals surface area contributed by atoms with E-state index in [1.165, 1.54) is 12.1 Å². The Bertz CT molecular complexity index is 483. The van der Waals surface area contributed by atoms with Gasteiger partial charge in [0.2, 0.25) is 0 Å². The predicted octanol–water partition coefficient (Wildman–Crippen LogP) is 2.62. The van der Waals surface area contributed by atoms with Crippen LogP contribution in [0.2, 0.25) is 0 Å². The van der Waals surface area contributed by atoms with Crippen LogP contribution >= 0.6 is 15.9 Å². The molecular formula is C10H10BrFN2O. The first-order valence-corrected chi connectivity index (χ1v) is 5.44. The minimum absolute atomic E-state index is 0.326. The van der Waals surface area contributed by atoms with E-state index in [-0.39, 0.29) is 5.82 Å². The highest BCUT2D eigenvalue weighted by molar-refractivity contribution is 9.10. The number of benzene rings is 1. The van der Waals surface area contributed by atoms with Crippen molar-refractivity contribution >= 4 is 27.0 Å². The number of oxazole rings is 1. The van der Waals surface area contributed by atoms with Gasteiger partial charge in [-0.25, -0.2) is 9.37 Å². The molecule has 0 radical (unpaired) electrons. The van der Waals surface area contributed by atoms with Gasteiger partial charge in [0.1, 0.15) is 11.3 Å². The van der Waals surface area contributed by atoms with Gasteiger partial charge in [0.15, 0.2) is 11.5 Å². The summed E-state index contributed by atoms with van der Waals surface area (Å²) in [5, 5.41) is 0. The van der Waals surface area contributed by atoms with E-state index in [1.54, 1.807) is 0 Å². The topological polar surface area (TPSA) is 52.0 Å². The Morgan fingerprint density at radius 2 is 2.27 bits per heavy atom. The Morgan fingerprint density at radius 1 is 1.47 bits per heavy atom. The van der Waals surface area contributed by atoms with Gasteiger partial charge in [0, 0.05) is 12.5 Å². The number of fused-ring (bicyclic) bond motifs is 1. The number of aromatic nitrogens is 1. The van der Waals surface area contributed by atoms with E-state index in [4.69, 9.17) is 10.2 Å². The fourth-order valence-electron chi connectivity index (χ4n) is 1.37. The molecule has 2 N–H and O–H groups in total. The number of hydrogen-bond donors (Lipinski definition) is 1. The molecule has 0 saturated carbocycles. The fraction of sp³-hybridized carbons (Fsp3) is 0.300. The lowest BCUT2D eigenvalue weighted by molar-refractivity contribution is 0.519. The fourth-order valence-corrected chi connectivity index (χ4v) is 1.87. The maximum Gasteiger partial charge on any atom is 0.195 e. The Labute approximate surface area is 94.6 Å². The molecule has 0 spiro atoms. The van der Waals surface area contributed by atoms with Crippen molar-refractivity contribution < 1.29 is 8.81 Å². The Hall–Kier alpha value is -0.940. The summed E-state index contributed by atoms with van der Waals surface area (Å²) >= 11 is 3.23. The predicted molar refractivity (Wildman–Crippen MR) is 59.0 cm³/mol. The Morgan fingerprint density at radius 3 is 3.00 bits per heavy atom. The zero-order chi connectivity index (χ0) is 10.8. The van der Waals surface area contributed by atoms with Gasteiger partial charge in [-0.2, -0.15) is 0 Å². The van der Waals surface area contributed by atoms with Gasteiger partial charge in [-0.1, -0.05) is 0 Å². The van der Waals surface area contributed by atoms with E-state index in [0.717, 1.165) is 6.42 Å². The second-order valence-electron chi connectivity index (χ2n) is 3.24. The molecule has 0 saturated heterocycles. The van der Waals surface area contributed by atoms with Crippen LogP contribution in [0.1, 0.15) is 12.3 Å². The first-order valence-electron chi connectivity index (χ1n) is 4.65. The van der Waals surface area contributed by atoms with Crippen LogP contribution in [0.3, 0.4) is 0 Å². The quantitative estimate of drug-likeness (QED) is 0.935. The molecule has 1 aromatic heterocycles. The summed E-state index contributed by atoms with van der Waals surface area (Å²) in [5.41, 5.74) is 6.51. The van der Waals surface area contributed by atoms with Crippen LogP contribution < -0.4 is 5.73 Å². The molecule has 5 heteroatoms. The van der Waals surface area contributed by atoms with Crippen molar-refractivity contribution in [3.63, 3.8) is 0 Å². The first kappa shape index (κ1) is 10.6. The van der Waals surface area contributed by atoms with E-state index in [9.17, 15) is 4.39 Å². The van der Waals surface area contributed by atoms with Gasteiger partial charge in [0.25, 0.3) is 0 Å². The van der Waals surface area contributed by atoms with Gasteiger partial charge in [-0.15, -0.1) is 0 Å². The van der Waals surface area contributed by atoms with Crippen molar-refractivity contribution in [3.8, 4) is 0 Å². The highest BCUT2D eigenvalue weighted by Gasteiger charge is 2.10. The van der Waals surface area contributed by atoms with Crippen molar-refractivity contribution in [1.82, 2.24) is 4.98 Å². The summed E-state index contributed by atoms with van der Waals surface area (Å²) in [5.74, 6) is 0.273. The van der Waals surface area contributed by atoms with Crippen molar-refractivity contribution in [2.45, 2.75) is 12.8 Å². The van der Waals surface area contributed by atoms with Crippen molar-refractivity contribution in [3.05, 3.63) is 28.3 Å². The molecule has 15 heavy (non-hydrogen) atoms. The molecule has 0 aliphatic heterocycles. The number of rotatable bonds is 3. The lowest BCUT2D eigenvalue weighted by Gasteiger charge is -1.91. The van der Waals surface area contributed by atoms with E-state index >= 15 is 0 Å². The summed E-state index contributed by atoms with van der Waals surface area (Å²) in [6, 6.07) is 2.72. The SMILES string of the molecule is NCCCc1nc2cc(F)cc(Br)c2o1. The third kappa shape index (κ3) is 2.18. The highest BCUT2D eigenvalue weighted by atomic mass is 79.9. The number of aryl methyl sites for hydroxylation is 1. The Kier molecular flexibility index (Phi) is 3.02. The lowest BCUT2D eigenvalue weighted by Crippen LogP contribution is -2.00. The largest absolute Gasteiger partial charge is 0.440 e. The number of halogens is 2. The van der Waals surface area contributed by atoms with Crippen molar-refractivity contribution in [1.29, 1.82) is 0 Å². The molecule has 2 rings (SSSR count). The molecule has 0 amide bonds. The van der Waals surface area contributed by atoms with Crippen LogP contribution in [0.25, 0.3) is 11.1 Å².